The predicted octanol–water partition coefficient (Wildman–Crippen LogP) is -0.0326. The zero-order valence-corrected chi connectivity index (χ0v) is 6.92. The third-order valence-corrected chi connectivity index (χ3v) is 1.60. The van der Waals surface area contributed by atoms with Gasteiger partial charge in [-0.2, -0.15) is 13.2 Å². The maximum atomic E-state index is 12.2. The first-order chi connectivity index (χ1) is 6.30. The maximum Gasteiger partial charge on any atom is 0.488 e. The molecule has 0 saturated heterocycles. The molecule has 4 N–H and O–H groups in total. The summed E-state index contributed by atoms with van der Waals surface area (Å²) in [6, 6.07) is 2.44. The molecule has 0 fully saturated rings. The summed E-state index contributed by atoms with van der Waals surface area (Å²) in [5.41, 5.74) is 3.73. The Balaban J connectivity index is 3.21. The van der Waals surface area contributed by atoms with E-state index in [1.165, 1.54) is 0 Å². The van der Waals surface area contributed by atoms with Gasteiger partial charge in [-0.05, 0) is 17.6 Å². The first kappa shape index (κ1) is 10.9. The first-order valence-electron chi connectivity index (χ1n) is 3.64. The van der Waals surface area contributed by atoms with Crippen LogP contribution in [0.2, 0.25) is 0 Å². The molecule has 14 heavy (non-hydrogen) atoms. The topological polar surface area (TPSA) is 66.5 Å². The SMILES string of the molecule is Nc1cc(B(O)O)cc(C(F)(F)F)c1. The Morgan fingerprint density at radius 1 is 1.14 bits per heavy atom. The molecule has 0 aliphatic rings. The van der Waals surface area contributed by atoms with Crippen LogP contribution in [-0.4, -0.2) is 17.2 Å². The molecular weight excluding hydrogens is 198 g/mol. The van der Waals surface area contributed by atoms with Crippen molar-refractivity contribution in [2.45, 2.75) is 6.18 Å². The lowest BCUT2D eigenvalue weighted by atomic mass is 9.79. The van der Waals surface area contributed by atoms with Crippen molar-refractivity contribution in [2.75, 3.05) is 5.73 Å². The highest BCUT2D eigenvalue weighted by Gasteiger charge is 2.31. The minimum atomic E-state index is -4.54. The van der Waals surface area contributed by atoms with Gasteiger partial charge in [0, 0.05) is 5.69 Å². The van der Waals surface area contributed by atoms with Gasteiger partial charge in [-0.3, -0.25) is 0 Å². The van der Waals surface area contributed by atoms with Crippen molar-refractivity contribution in [1.29, 1.82) is 0 Å². The van der Waals surface area contributed by atoms with E-state index in [4.69, 9.17) is 15.8 Å². The van der Waals surface area contributed by atoms with Crippen molar-refractivity contribution in [3.8, 4) is 0 Å². The monoisotopic (exact) mass is 205 g/mol. The minimum Gasteiger partial charge on any atom is -0.423 e. The molecule has 0 unspecified atom stereocenters. The van der Waals surface area contributed by atoms with E-state index in [1.807, 2.05) is 0 Å². The Morgan fingerprint density at radius 2 is 1.71 bits per heavy atom. The van der Waals surface area contributed by atoms with Crippen LogP contribution in [-0.2, 0) is 6.18 Å². The molecule has 0 bridgehead atoms. The first-order valence-corrected chi connectivity index (χ1v) is 3.64. The molecule has 1 aromatic rings. The fourth-order valence-corrected chi connectivity index (χ4v) is 0.989. The molecule has 7 heteroatoms. The molecule has 1 aromatic carbocycles. The van der Waals surface area contributed by atoms with Crippen LogP contribution in [0, 0.1) is 0 Å². The number of benzene rings is 1. The zero-order valence-electron chi connectivity index (χ0n) is 6.92. The molecule has 0 aliphatic heterocycles. The van der Waals surface area contributed by atoms with Gasteiger partial charge in [0.25, 0.3) is 0 Å². The number of hydrogen-bond donors (Lipinski definition) is 3. The van der Waals surface area contributed by atoms with E-state index in [2.05, 4.69) is 0 Å². The van der Waals surface area contributed by atoms with Gasteiger partial charge in [0.2, 0.25) is 0 Å². The standard InChI is InChI=1S/C7H7BF3NO2/c9-7(10,11)4-1-5(8(13)14)3-6(12)2-4/h1-3,13-14H,12H2. The van der Waals surface area contributed by atoms with Crippen LogP contribution in [0.1, 0.15) is 5.56 Å². The van der Waals surface area contributed by atoms with Crippen LogP contribution >= 0.6 is 0 Å². The summed E-state index contributed by atoms with van der Waals surface area (Å²) >= 11 is 0. The van der Waals surface area contributed by atoms with E-state index in [0.717, 1.165) is 12.1 Å². The molecule has 0 saturated carbocycles. The summed E-state index contributed by atoms with van der Waals surface area (Å²) in [5.74, 6) is 0. The van der Waals surface area contributed by atoms with Crippen molar-refractivity contribution < 1.29 is 23.2 Å². The van der Waals surface area contributed by atoms with Crippen LogP contribution in [0.3, 0.4) is 0 Å². The molecular formula is C7H7BF3NO2. The van der Waals surface area contributed by atoms with Crippen LogP contribution in [0.15, 0.2) is 18.2 Å². The number of nitrogens with two attached hydrogens (primary N) is 1. The second-order valence-corrected chi connectivity index (χ2v) is 2.76. The van der Waals surface area contributed by atoms with E-state index in [-0.39, 0.29) is 11.2 Å². The summed E-state index contributed by atoms with van der Waals surface area (Å²) in [7, 11) is -1.96. The van der Waals surface area contributed by atoms with Crippen molar-refractivity contribution in [3.63, 3.8) is 0 Å². The minimum absolute atomic E-state index is 0.164. The van der Waals surface area contributed by atoms with E-state index in [0.29, 0.717) is 6.07 Å². The van der Waals surface area contributed by atoms with Crippen molar-refractivity contribution in [2.24, 2.45) is 0 Å². The fraction of sp³-hybridized carbons (Fsp3) is 0.143. The quantitative estimate of drug-likeness (QED) is 0.445. The smallest absolute Gasteiger partial charge is 0.423 e. The van der Waals surface area contributed by atoms with E-state index >= 15 is 0 Å². The lowest BCUT2D eigenvalue weighted by Crippen LogP contribution is -2.31. The van der Waals surface area contributed by atoms with Gasteiger partial charge in [-0.1, -0.05) is 6.07 Å². The highest BCUT2D eigenvalue weighted by molar-refractivity contribution is 6.58. The van der Waals surface area contributed by atoms with Crippen molar-refractivity contribution >= 4 is 18.3 Å². The Kier molecular flexibility index (Phi) is 2.72. The van der Waals surface area contributed by atoms with E-state index in [1.54, 1.807) is 0 Å². The molecule has 3 nitrogen and oxygen atoms in total. The lowest BCUT2D eigenvalue weighted by molar-refractivity contribution is -0.137. The number of halogens is 3. The zero-order chi connectivity index (χ0) is 10.9. The second kappa shape index (κ2) is 3.51. The van der Waals surface area contributed by atoms with Gasteiger partial charge in [-0.15, -0.1) is 0 Å². The maximum absolute atomic E-state index is 12.2. The molecule has 0 amide bonds. The van der Waals surface area contributed by atoms with Crippen LogP contribution in [0.25, 0.3) is 0 Å². The van der Waals surface area contributed by atoms with Crippen molar-refractivity contribution in [1.82, 2.24) is 0 Å². The van der Waals surface area contributed by atoms with Gasteiger partial charge >= 0.3 is 13.3 Å². The van der Waals surface area contributed by atoms with Gasteiger partial charge < -0.3 is 15.8 Å². The number of anilines is 1. The molecule has 0 atom stereocenters. The van der Waals surface area contributed by atoms with Crippen molar-refractivity contribution in [3.05, 3.63) is 23.8 Å². The highest BCUT2D eigenvalue weighted by atomic mass is 19.4. The molecule has 0 aliphatic carbocycles. The highest BCUT2D eigenvalue weighted by Crippen LogP contribution is 2.29. The van der Waals surface area contributed by atoms with Crippen LogP contribution in [0.4, 0.5) is 18.9 Å². The number of hydrogen-bond acceptors (Lipinski definition) is 3. The van der Waals surface area contributed by atoms with Crippen LogP contribution in [0.5, 0.6) is 0 Å². The average molecular weight is 205 g/mol. The second-order valence-electron chi connectivity index (χ2n) is 2.76. The summed E-state index contributed by atoms with van der Waals surface area (Å²) in [6.45, 7) is 0. The predicted molar refractivity (Wildman–Crippen MR) is 45.7 cm³/mol. The molecule has 0 radical (unpaired) electrons. The lowest BCUT2D eigenvalue weighted by Gasteiger charge is -2.09. The Labute approximate surface area is 78.1 Å². The summed E-state index contributed by atoms with van der Waals surface area (Å²) in [4.78, 5) is 0. The number of rotatable bonds is 1. The Morgan fingerprint density at radius 3 is 2.14 bits per heavy atom. The molecule has 1 rings (SSSR count). The summed E-state index contributed by atoms with van der Waals surface area (Å²) in [5, 5.41) is 17.3. The molecule has 0 aromatic heterocycles. The van der Waals surface area contributed by atoms with Crippen LogP contribution < -0.4 is 11.2 Å². The molecule has 76 valence electrons. The normalized spacial score (nSPS) is 11.5. The average Bonchev–Trinajstić information content (AvgIpc) is 2.01. The fourth-order valence-electron chi connectivity index (χ4n) is 0.989. The van der Waals surface area contributed by atoms with Gasteiger partial charge in [0.1, 0.15) is 0 Å². The summed E-state index contributed by atoms with van der Waals surface area (Å²) in [6.07, 6.45) is -4.54. The largest absolute Gasteiger partial charge is 0.488 e. The number of nitrogen functional groups attached to an aromatic ring is 1. The molecule has 0 spiro atoms. The Hall–Kier alpha value is -1.21. The Bertz CT molecular complexity index is 340. The van der Waals surface area contributed by atoms with Gasteiger partial charge in [0.05, 0.1) is 5.56 Å². The number of alkyl halides is 3. The van der Waals surface area contributed by atoms with Gasteiger partial charge in [-0.25, -0.2) is 0 Å². The van der Waals surface area contributed by atoms with Gasteiger partial charge in [0.15, 0.2) is 0 Å². The summed E-state index contributed by atoms with van der Waals surface area (Å²) < 4.78 is 36.6. The van der Waals surface area contributed by atoms with E-state index in [9.17, 15) is 13.2 Å². The third kappa shape index (κ3) is 2.40. The van der Waals surface area contributed by atoms with E-state index < -0.39 is 18.9 Å². The third-order valence-electron chi connectivity index (χ3n) is 1.60. The molecule has 0 heterocycles.